The van der Waals surface area contributed by atoms with Gasteiger partial charge in [-0.3, -0.25) is 14.4 Å². The minimum absolute atomic E-state index is 0.135. The Morgan fingerprint density at radius 2 is 2.15 bits per heavy atom. The summed E-state index contributed by atoms with van der Waals surface area (Å²) in [6.07, 6.45) is 1.30. The van der Waals surface area contributed by atoms with Crippen molar-refractivity contribution in [1.29, 1.82) is 0 Å². The SMILES string of the molecule is CC(C)(C)c1nc2ccc(F)cn2c1NCC(=O)NO. The molecule has 0 spiro atoms. The molecule has 1 amide bonds. The van der Waals surface area contributed by atoms with Crippen molar-refractivity contribution in [2.75, 3.05) is 11.9 Å². The van der Waals surface area contributed by atoms with E-state index < -0.39 is 11.7 Å². The minimum atomic E-state index is -0.587. The summed E-state index contributed by atoms with van der Waals surface area (Å²) in [6.45, 7) is 5.79. The van der Waals surface area contributed by atoms with Crippen LogP contribution in [0, 0.1) is 5.82 Å². The number of nitrogens with one attached hydrogen (secondary N) is 2. The van der Waals surface area contributed by atoms with Crippen molar-refractivity contribution in [2.24, 2.45) is 0 Å². The predicted molar refractivity (Wildman–Crippen MR) is 72.3 cm³/mol. The molecule has 108 valence electrons. The van der Waals surface area contributed by atoms with Gasteiger partial charge >= 0.3 is 0 Å². The van der Waals surface area contributed by atoms with E-state index >= 15 is 0 Å². The van der Waals surface area contributed by atoms with Gasteiger partial charge in [-0.2, -0.15) is 0 Å². The smallest absolute Gasteiger partial charge is 0.262 e. The maximum atomic E-state index is 13.4. The highest BCUT2D eigenvalue weighted by Crippen LogP contribution is 2.30. The number of halogens is 1. The van der Waals surface area contributed by atoms with Crippen molar-refractivity contribution >= 4 is 17.4 Å². The maximum absolute atomic E-state index is 13.4. The van der Waals surface area contributed by atoms with Gasteiger partial charge in [0.25, 0.3) is 5.91 Å². The Morgan fingerprint density at radius 3 is 2.75 bits per heavy atom. The van der Waals surface area contributed by atoms with E-state index in [-0.39, 0.29) is 12.0 Å². The molecule has 0 aliphatic rings. The molecular formula is C13H17FN4O2. The largest absolute Gasteiger partial charge is 0.360 e. The minimum Gasteiger partial charge on any atom is -0.360 e. The summed E-state index contributed by atoms with van der Waals surface area (Å²) in [5.41, 5.74) is 2.57. The van der Waals surface area contributed by atoms with Crippen molar-refractivity contribution in [3.05, 3.63) is 29.8 Å². The number of imidazole rings is 1. The number of hydroxylamine groups is 1. The second-order valence-corrected chi connectivity index (χ2v) is 5.52. The summed E-state index contributed by atoms with van der Waals surface area (Å²) in [6, 6.07) is 2.90. The molecule has 6 nitrogen and oxygen atoms in total. The van der Waals surface area contributed by atoms with Crippen LogP contribution in [0.3, 0.4) is 0 Å². The van der Waals surface area contributed by atoms with Crippen LogP contribution in [0.4, 0.5) is 10.2 Å². The second-order valence-electron chi connectivity index (χ2n) is 5.52. The Hall–Kier alpha value is -2.15. The van der Waals surface area contributed by atoms with E-state index in [0.717, 1.165) is 0 Å². The normalized spacial score (nSPS) is 11.7. The van der Waals surface area contributed by atoms with Crippen LogP contribution in [0.25, 0.3) is 5.65 Å². The Bertz CT molecular complexity index is 646. The Balaban J connectivity index is 2.51. The van der Waals surface area contributed by atoms with Crippen LogP contribution in [0.15, 0.2) is 18.3 Å². The number of nitrogens with zero attached hydrogens (tertiary/aromatic N) is 2. The molecular weight excluding hydrogens is 263 g/mol. The lowest BCUT2D eigenvalue weighted by molar-refractivity contribution is -0.127. The molecule has 3 N–H and O–H groups in total. The molecule has 0 saturated heterocycles. The number of carbonyl (C=O) groups is 1. The third-order valence-electron chi connectivity index (χ3n) is 2.83. The van der Waals surface area contributed by atoms with Gasteiger partial charge in [-0.25, -0.2) is 14.9 Å². The molecule has 0 aromatic carbocycles. The zero-order valence-electron chi connectivity index (χ0n) is 11.6. The predicted octanol–water partition coefficient (Wildman–Crippen LogP) is 1.69. The monoisotopic (exact) mass is 280 g/mol. The molecule has 0 aliphatic heterocycles. The third-order valence-corrected chi connectivity index (χ3v) is 2.83. The van der Waals surface area contributed by atoms with Crippen LogP contribution in [-0.4, -0.2) is 27.0 Å². The number of pyridine rings is 1. The van der Waals surface area contributed by atoms with Gasteiger partial charge in [-0.05, 0) is 12.1 Å². The first-order chi connectivity index (χ1) is 9.32. The number of hydrogen-bond donors (Lipinski definition) is 3. The van der Waals surface area contributed by atoms with Crippen LogP contribution >= 0.6 is 0 Å². The molecule has 20 heavy (non-hydrogen) atoms. The number of anilines is 1. The van der Waals surface area contributed by atoms with E-state index in [0.29, 0.717) is 17.2 Å². The molecule has 0 radical (unpaired) electrons. The summed E-state index contributed by atoms with van der Waals surface area (Å²) in [7, 11) is 0. The second kappa shape index (κ2) is 5.09. The van der Waals surface area contributed by atoms with Crippen LogP contribution in [0.5, 0.6) is 0 Å². The topological polar surface area (TPSA) is 78.7 Å². The molecule has 2 aromatic rings. The van der Waals surface area contributed by atoms with Crippen molar-refractivity contribution in [3.63, 3.8) is 0 Å². The van der Waals surface area contributed by atoms with E-state index in [9.17, 15) is 9.18 Å². The van der Waals surface area contributed by atoms with Crippen molar-refractivity contribution in [2.45, 2.75) is 26.2 Å². The van der Waals surface area contributed by atoms with Gasteiger partial charge in [-0.15, -0.1) is 0 Å². The first-order valence-electron chi connectivity index (χ1n) is 6.18. The lowest BCUT2D eigenvalue weighted by Crippen LogP contribution is -2.28. The summed E-state index contributed by atoms with van der Waals surface area (Å²) >= 11 is 0. The van der Waals surface area contributed by atoms with E-state index in [1.165, 1.54) is 17.7 Å². The van der Waals surface area contributed by atoms with E-state index in [1.54, 1.807) is 10.5 Å². The fourth-order valence-corrected chi connectivity index (χ4v) is 1.91. The van der Waals surface area contributed by atoms with Gasteiger partial charge in [-0.1, -0.05) is 20.8 Å². The molecule has 0 atom stereocenters. The summed E-state index contributed by atoms with van der Waals surface area (Å²) in [4.78, 5) is 15.6. The molecule has 0 bridgehead atoms. The third kappa shape index (κ3) is 2.72. The van der Waals surface area contributed by atoms with E-state index in [2.05, 4.69) is 10.3 Å². The molecule has 0 unspecified atom stereocenters. The zero-order chi connectivity index (χ0) is 14.9. The average Bonchev–Trinajstić information content (AvgIpc) is 2.73. The van der Waals surface area contributed by atoms with E-state index in [1.807, 2.05) is 20.8 Å². The molecule has 7 heteroatoms. The number of aromatic nitrogens is 2. The average molecular weight is 280 g/mol. The van der Waals surface area contributed by atoms with Gasteiger partial charge in [0.05, 0.1) is 12.2 Å². The Labute approximate surface area is 115 Å². The quantitative estimate of drug-likeness (QED) is 0.590. The Kier molecular flexibility index (Phi) is 3.63. The first kappa shape index (κ1) is 14.3. The highest BCUT2D eigenvalue weighted by molar-refractivity contribution is 5.79. The van der Waals surface area contributed by atoms with Crippen molar-refractivity contribution in [1.82, 2.24) is 14.9 Å². The molecule has 2 rings (SSSR count). The zero-order valence-corrected chi connectivity index (χ0v) is 11.6. The van der Waals surface area contributed by atoms with Crippen molar-refractivity contribution in [3.8, 4) is 0 Å². The number of fused-ring (bicyclic) bond motifs is 1. The molecule has 2 aromatic heterocycles. The van der Waals surface area contributed by atoms with Crippen LogP contribution in [0.1, 0.15) is 26.5 Å². The molecule has 0 saturated carbocycles. The first-order valence-corrected chi connectivity index (χ1v) is 6.18. The number of amides is 1. The highest BCUT2D eigenvalue weighted by Gasteiger charge is 2.24. The van der Waals surface area contributed by atoms with Gasteiger partial charge in [0.15, 0.2) is 0 Å². The number of carbonyl (C=O) groups excluding carboxylic acids is 1. The van der Waals surface area contributed by atoms with Crippen LogP contribution in [-0.2, 0) is 10.2 Å². The van der Waals surface area contributed by atoms with Crippen LogP contribution in [0.2, 0.25) is 0 Å². The van der Waals surface area contributed by atoms with Gasteiger partial charge in [0.2, 0.25) is 0 Å². The molecule has 0 fully saturated rings. The van der Waals surface area contributed by atoms with Crippen molar-refractivity contribution < 1.29 is 14.4 Å². The van der Waals surface area contributed by atoms with Crippen LogP contribution < -0.4 is 10.8 Å². The standard InChI is InChI=1S/C13H17FN4O2/c1-13(2,3)11-12(15-6-10(19)17-20)18-7-8(14)4-5-9(18)16-11/h4-5,7,15,20H,6H2,1-3H3,(H,17,19). The summed E-state index contributed by atoms with van der Waals surface area (Å²) in [5.74, 6) is -0.447. The summed E-state index contributed by atoms with van der Waals surface area (Å²) in [5, 5.41) is 11.4. The molecule has 0 aliphatic carbocycles. The number of hydrogen-bond acceptors (Lipinski definition) is 4. The lowest BCUT2D eigenvalue weighted by atomic mass is 9.92. The van der Waals surface area contributed by atoms with Gasteiger partial charge < -0.3 is 5.32 Å². The van der Waals surface area contributed by atoms with E-state index in [4.69, 9.17) is 5.21 Å². The fourth-order valence-electron chi connectivity index (χ4n) is 1.91. The summed E-state index contributed by atoms with van der Waals surface area (Å²) < 4.78 is 14.9. The maximum Gasteiger partial charge on any atom is 0.262 e. The molecule has 2 heterocycles. The fraction of sp³-hybridized carbons (Fsp3) is 0.385. The van der Waals surface area contributed by atoms with Gasteiger partial charge in [0.1, 0.15) is 17.3 Å². The number of rotatable bonds is 3. The van der Waals surface area contributed by atoms with Gasteiger partial charge in [0, 0.05) is 11.6 Å². The highest BCUT2D eigenvalue weighted by atomic mass is 19.1. The Morgan fingerprint density at radius 1 is 1.45 bits per heavy atom. The lowest BCUT2D eigenvalue weighted by Gasteiger charge is -2.18.